The van der Waals surface area contributed by atoms with E-state index in [1.165, 1.54) is 29.6 Å². The highest BCUT2D eigenvalue weighted by molar-refractivity contribution is 9.10. The smallest absolute Gasteiger partial charge is 0.324 e. The number of rotatable bonds is 3. The summed E-state index contributed by atoms with van der Waals surface area (Å²) in [7, 11) is -2.51. The first-order chi connectivity index (χ1) is 9.37. The van der Waals surface area contributed by atoms with Crippen LogP contribution in [0.25, 0.3) is 0 Å². The molecule has 1 atom stereocenters. The Balaban J connectivity index is 2.41. The highest BCUT2D eigenvalue weighted by atomic mass is 79.9. The van der Waals surface area contributed by atoms with Gasteiger partial charge in [0, 0.05) is 16.7 Å². The highest BCUT2D eigenvalue weighted by Crippen LogP contribution is 2.31. The summed E-state index contributed by atoms with van der Waals surface area (Å²) < 4.78 is 31.5. The molecular formula is C12H15BrN2O4S. The first kappa shape index (κ1) is 15.3. The molecule has 0 aromatic heterocycles. The van der Waals surface area contributed by atoms with Crippen molar-refractivity contribution >= 4 is 37.6 Å². The van der Waals surface area contributed by atoms with E-state index >= 15 is 0 Å². The van der Waals surface area contributed by atoms with Gasteiger partial charge in [-0.05, 0) is 47.0 Å². The number of ether oxygens (including phenoxy) is 1. The number of anilines is 1. The van der Waals surface area contributed by atoms with Crippen molar-refractivity contribution in [1.82, 2.24) is 4.31 Å². The van der Waals surface area contributed by atoms with Crippen molar-refractivity contribution in [2.24, 2.45) is 0 Å². The van der Waals surface area contributed by atoms with Gasteiger partial charge in [-0.3, -0.25) is 4.79 Å². The fourth-order valence-electron chi connectivity index (χ4n) is 2.25. The van der Waals surface area contributed by atoms with Crippen LogP contribution >= 0.6 is 15.9 Å². The molecule has 0 spiro atoms. The van der Waals surface area contributed by atoms with Crippen molar-refractivity contribution in [2.45, 2.75) is 23.8 Å². The van der Waals surface area contributed by atoms with Crippen LogP contribution in [0.2, 0.25) is 0 Å². The van der Waals surface area contributed by atoms with Crippen molar-refractivity contribution in [2.75, 3.05) is 19.4 Å². The fourth-order valence-corrected chi connectivity index (χ4v) is 4.96. The molecule has 1 aromatic carbocycles. The molecular weight excluding hydrogens is 348 g/mol. The van der Waals surface area contributed by atoms with Crippen molar-refractivity contribution in [3.63, 3.8) is 0 Å². The quantitative estimate of drug-likeness (QED) is 0.647. The van der Waals surface area contributed by atoms with Gasteiger partial charge in [-0.2, -0.15) is 4.31 Å². The Morgan fingerprint density at radius 1 is 1.50 bits per heavy atom. The summed E-state index contributed by atoms with van der Waals surface area (Å²) in [5.74, 6) is -0.530. The Labute approximate surface area is 126 Å². The second kappa shape index (κ2) is 5.71. The average molecular weight is 363 g/mol. The molecule has 0 saturated carbocycles. The van der Waals surface area contributed by atoms with E-state index in [-0.39, 0.29) is 4.90 Å². The number of nitrogens with zero attached hydrogens (tertiary/aromatic N) is 1. The van der Waals surface area contributed by atoms with E-state index < -0.39 is 22.0 Å². The lowest BCUT2D eigenvalue weighted by atomic mass is 10.2. The topological polar surface area (TPSA) is 89.7 Å². The first-order valence-electron chi connectivity index (χ1n) is 6.02. The predicted molar refractivity (Wildman–Crippen MR) is 77.5 cm³/mol. The van der Waals surface area contributed by atoms with Gasteiger partial charge >= 0.3 is 5.97 Å². The summed E-state index contributed by atoms with van der Waals surface area (Å²) in [6.07, 6.45) is 1.10. The lowest BCUT2D eigenvalue weighted by Crippen LogP contribution is -2.41. The van der Waals surface area contributed by atoms with Gasteiger partial charge in [-0.1, -0.05) is 0 Å². The van der Waals surface area contributed by atoms with Crippen molar-refractivity contribution in [1.29, 1.82) is 0 Å². The highest BCUT2D eigenvalue weighted by Gasteiger charge is 2.40. The molecule has 1 fully saturated rings. The number of sulfonamides is 1. The third-order valence-electron chi connectivity index (χ3n) is 3.22. The number of hydrogen-bond acceptors (Lipinski definition) is 5. The number of nitrogen functional groups attached to an aromatic ring is 1. The van der Waals surface area contributed by atoms with Crippen LogP contribution in [0, 0.1) is 0 Å². The molecule has 1 unspecified atom stereocenters. The van der Waals surface area contributed by atoms with Gasteiger partial charge in [0.15, 0.2) is 0 Å². The molecule has 8 heteroatoms. The third-order valence-corrected chi connectivity index (χ3v) is 6.10. The predicted octanol–water partition coefficient (Wildman–Crippen LogP) is 1.36. The monoisotopic (exact) mass is 362 g/mol. The Bertz CT molecular complexity index is 632. The zero-order chi connectivity index (χ0) is 14.9. The van der Waals surface area contributed by atoms with E-state index in [0.29, 0.717) is 29.5 Å². The van der Waals surface area contributed by atoms with Crippen LogP contribution < -0.4 is 5.73 Å². The Hall–Kier alpha value is -1.12. The molecule has 1 aliphatic rings. The van der Waals surface area contributed by atoms with Crippen LogP contribution in [-0.2, 0) is 19.6 Å². The van der Waals surface area contributed by atoms with Crippen molar-refractivity contribution < 1.29 is 17.9 Å². The zero-order valence-corrected chi connectivity index (χ0v) is 13.3. The van der Waals surface area contributed by atoms with Crippen molar-refractivity contribution in [3.05, 3.63) is 22.7 Å². The maximum Gasteiger partial charge on any atom is 0.324 e. The first-order valence-corrected chi connectivity index (χ1v) is 8.26. The standard InChI is InChI=1S/C12H15BrN2O4S/c1-19-12(16)10-3-2-6-15(10)20(17,18)11-5-4-8(14)7-9(11)13/h4-5,7,10H,2-3,6,14H2,1H3. The summed E-state index contributed by atoms with van der Waals surface area (Å²) in [5.41, 5.74) is 6.07. The molecule has 2 N–H and O–H groups in total. The normalized spacial score (nSPS) is 20.0. The van der Waals surface area contributed by atoms with Crippen LogP contribution in [0.3, 0.4) is 0 Å². The molecule has 6 nitrogen and oxygen atoms in total. The summed E-state index contributed by atoms with van der Waals surface area (Å²) in [5, 5.41) is 0. The Morgan fingerprint density at radius 3 is 2.80 bits per heavy atom. The van der Waals surface area contributed by atoms with E-state index in [9.17, 15) is 13.2 Å². The molecule has 1 saturated heterocycles. The number of halogens is 1. The second-order valence-corrected chi connectivity index (χ2v) is 7.20. The number of nitrogens with two attached hydrogens (primary N) is 1. The molecule has 0 radical (unpaired) electrons. The molecule has 0 amide bonds. The molecule has 1 aliphatic heterocycles. The zero-order valence-electron chi connectivity index (χ0n) is 10.9. The van der Waals surface area contributed by atoms with Crippen LogP contribution in [0.4, 0.5) is 5.69 Å². The molecule has 0 bridgehead atoms. The SMILES string of the molecule is COC(=O)C1CCCN1S(=O)(=O)c1ccc(N)cc1Br. The largest absolute Gasteiger partial charge is 0.468 e. The van der Waals surface area contributed by atoms with Gasteiger partial charge in [-0.25, -0.2) is 8.42 Å². The minimum Gasteiger partial charge on any atom is -0.468 e. The minimum atomic E-state index is -3.76. The Morgan fingerprint density at radius 2 is 2.20 bits per heavy atom. The van der Waals surface area contributed by atoms with E-state index in [1.807, 2.05) is 0 Å². The summed E-state index contributed by atoms with van der Waals surface area (Å²) in [6, 6.07) is 3.72. The lowest BCUT2D eigenvalue weighted by molar-refractivity contribution is -0.144. The van der Waals surface area contributed by atoms with E-state index in [4.69, 9.17) is 5.73 Å². The molecule has 1 aromatic rings. The van der Waals surface area contributed by atoms with E-state index in [2.05, 4.69) is 20.7 Å². The second-order valence-electron chi connectivity index (χ2n) is 4.49. The Kier molecular flexibility index (Phi) is 4.36. The molecule has 2 rings (SSSR count). The van der Waals surface area contributed by atoms with Gasteiger partial charge in [-0.15, -0.1) is 0 Å². The number of methoxy groups -OCH3 is 1. The maximum atomic E-state index is 12.6. The fraction of sp³-hybridized carbons (Fsp3) is 0.417. The average Bonchev–Trinajstić information content (AvgIpc) is 2.87. The van der Waals surface area contributed by atoms with E-state index in [0.717, 1.165) is 0 Å². The van der Waals surface area contributed by atoms with Crippen LogP contribution in [0.15, 0.2) is 27.6 Å². The summed E-state index contributed by atoms with van der Waals surface area (Å²) in [6.45, 7) is 0.304. The number of hydrogen-bond donors (Lipinski definition) is 1. The summed E-state index contributed by atoms with van der Waals surface area (Å²) in [4.78, 5) is 11.8. The summed E-state index contributed by atoms with van der Waals surface area (Å²) >= 11 is 3.20. The van der Waals surface area contributed by atoms with Gasteiger partial charge in [0.25, 0.3) is 0 Å². The van der Waals surface area contributed by atoms with Gasteiger partial charge in [0.2, 0.25) is 10.0 Å². The van der Waals surface area contributed by atoms with Gasteiger partial charge < -0.3 is 10.5 Å². The van der Waals surface area contributed by atoms with Crippen LogP contribution in [0.1, 0.15) is 12.8 Å². The van der Waals surface area contributed by atoms with E-state index in [1.54, 1.807) is 0 Å². The lowest BCUT2D eigenvalue weighted by Gasteiger charge is -2.22. The molecule has 20 heavy (non-hydrogen) atoms. The third kappa shape index (κ3) is 2.68. The number of benzene rings is 1. The van der Waals surface area contributed by atoms with Crippen LogP contribution in [0.5, 0.6) is 0 Å². The number of esters is 1. The van der Waals surface area contributed by atoms with Crippen LogP contribution in [-0.4, -0.2) is 38.4 Å². The minimum absolute atomic E-state index is 0.0995. The van der Waals surface area contributed by atoms with Gasteiger partial charge in [0.05, 0.1) is 12.0 Å². The molecule has 1 heterocycles. The number of carbonyl (C=O) groups is 1. The number of carbonyl (C=O) groups excluding carboxylic acids is 1. The van der Waals surface area contributed by atoms with Gasteiger partial charge in [0.1, 0.15) is 6.04 Å². The molecule has 0 aliphatic carbocycles. The maximum absolute atomic E-state index is 12.6. The molecule has 110 valence electrons. The van der Waals surface area contributed by atoms with Crippen molar-refractivity contribution in [3.8, 4) is 0 Å².